The van der Waals surface area contributed by atoms with Gasteiger partial charge in [0.15, 0.2) is 0 Å². The summed E-state index contributed by atoms with van der Waals surface area (Å²) in [7, 11) is 1.97. The summed E-state index contributed by atoms with van der Waals surface area (Å²) in [5.41, 5.74) is 3.01. The van der Waals surface area contributed by atoms with Crippen LogP contribution in [0.5, 0.6) is 0 Å². The Morgan fingerprint density at radius 2 is 1.42 bits per heavy atom. The lowest BCUT2D eigenvalue weighted by molar-refractivity contribution is -0.146. The number of hydrogen-bond acceptors (Lipinski definition) is 8. The van der Waals surface area contributed by atoms with Gasteiger partial charge < -0.3 is 24.7 Å². The number of aromatic nitrogens is 1. The average molecular weight is 812 g/mol. The first-order chi connectivity index (χ1) is 28.4. The minimum atomic E-state index is -4.60. The molecule has 2 saturated heterocycles. The van der Waals surface area contributed by atoms with Crippen molar-refractivity contribution in [1.82, 2.24) is 29.5 Å². The first kappa shape index (κ1) is 43.0. The number of carbonyl (C=O) groups is 3. The summed E-state index contributed by atoms with van der Waals surface area (Å²) in [6.07, 6.45) is -0.685. The fraction of sp³-hybridized carbons (Fsp3) is 0.378. The molecule has 59 heavy (non-hydrogen) atoms. The minimum absolute atomic E-state index is 0.00792. The highest BCUT2D eigenvalue weighted by Gasteiger charge is 2.36. The summed E-state index contributed by atoms with van der Waals surface area (Å²) in [6.45, 7) is 6.76. The second-order valence-electron chi connectivity index (χ2n) is 15.0. The molecule has 14 heteroatoms. The van der Waals surface area contributed by atoms with Crippen LogP contribution in [0.4, 0.5) is 18.9 Å². The lowest BCUT2D eigenvalue weighted by Crippen LogP contribution is -2.57. The van der Waals surface area contributed by atoms with E-state index in [1.165, 1.54) is 18.2 Å². The van der Waals surface area contributed by atoms with Gasteiger partial charge in [0.2, 0.25) is 17.7 Å². The molecule has 2 fully saturated rings. The molecule has 1 aromatic heterocycles. The van der Waals surface area contributed by atoms with Crippen molar-refractivity contribution in [1.29, 1.82) is 0 Å². The number of nitrogens with zero attached hydrogens (tertiary/aromatic N) is 7. The molecule has 1 unspecified atom stereocenters. The van der Waals surface area contributed by atoms with Gasteiger partial charge in [0.05, 0.1) is 12.8 Å². The van der Waals surface area contributed by atoms with Crippen molar-refractivity contribution in [3.8, 4) is 0 Å². The van der Waals surface area contributed by atoms with Crippen molar-refractivity contribution in [3.05, 3.63) is 137 Å². The Kier molecular flexibility index (Phi) is 14.5. The van der Waals surface area contributed by atoms with Crippen LogP contribution < -0.4 is 4.90 Å². The van der Waals surface area contributed by atoms with Gasteiger partial charge in [-0.25, -0.2) is 0 Å². The van der Waals surface area contributed by atoms with Gasteiger partial charge in [-0.1, -0.05) is 78.9 Å². The SMILES string of the molecule is CC(=O)N1CCN(c2ccc(CN(C(=O)C=Cc3ccc(C(F)(F)F)nc3)[C@@H](Cc3ccccc3)C(=O)N3CCN(C(c4ccccc4)N(C)CCO)CC3)cc2)CC1. The number of aliphatic hydroxyl groups excluding tert-OH is 1. The first-order valence-corrected chi connectivity index (χ1v) is 20.0. The maximum Gasteiger partial charge on any atom is 0.433 e. The lowest BCUT2D eigenvalue weighted by Gasteiger charge is -2.44. The average Bonchev–Trinajstić information content (AvgIpc) is 3.25. The summed E-state index contributed by atoms with van der Waals surface area (Å²) >= 11 is 0. The van der Waals surface area contributed by atoms with Gasteiger partial charge in [-0.2, -0.15) is 13.2 Å². The van der Waals surface area contributed by atoms with Crippen LogP contribution >= 0.6 is 0 Å². The van der Waals surface area contributed by atoms with Crippen LogP contribution in [0.2, 0.25) is 0 Å². The van der Waals surface area contributed by atoms with Crippen LogP contribution in [0.15, 0.2) is 109 Å². The van der Waals surface area contributed by atoms with Gasteiger partial charge in [-0.3, -0.25) is 29.2 Å². The summed E-state index contributed by atoms with van der Waals surface area (Å²) in [5.74, 6) is -0.625. The lowest BCUT2D eigenvalue weighted by atomic mass is 10.0. The molecule has 312 valence electrons. The van der Waals surface area contributed by atoms with Crippen molar-refractivity contribution in [2.75, 3.05) is 77.5 Å². The molecule has 0 aliphatic carbocycles. The topological polar surface area (TPSA) is 104 Å². The number of amides is 3. The minimum Gasteiger partial charge on any atom is -0.395 e. The molecule has 11 nitrogen and oxygen atoms in total. The quantitative estimate of drug-likeness (QED) is 0.174. The molecule has 0 saturated carbocycles. The molecule has 2 atom stereocenters. The number of pyridine rings is 1. The predicted molar refractivity (Wildman–Crippen MR) is 221 cm³/mol. The number of alkyl halides is 3. The maximum absolute atomic E-state index is 14.9. The molecule has 2 aliphatic heterocycles. The van der Waals surface area contributed by atoms with E-state index in [1.807, 2.05) is 89.6 Å². The third kappa shape index (κ3) is 11.3. The highest BCUT2D eigenvalue weighted by Crippen LogP contribution is 2.29. The molecule has 0 spiro atoms. The van der Waals surface area contributed by atoms with Crippen LogP contribution in [-0.2, 0) is 33.5 Å². The number of piperazine rings is 2. The van der Waals surface area contributed by atoms with E-state index in [4.69, 9.17) is 0 Å². The zero-order valence-electron chi connectivity index (χ0n) is 33.5. The van der Waals surface area contributed by atoms with Gasteiger partial charge in [0, 0.05) is 96.8 Å². The molecule has 4 aromatic rings. The number of hydrogen-bond donors (Lipinski definition) is 1. The van der Waals surface area contributed by atoms with Crippen LogP contribution in [0.1, 0.15) is 41.0 Å². The van der Waals surface area contributed by atoms with Crippen molar-refractivity contribution >= 4 is 29.5 Å². The highest BCUT2D eigenvalue weighted by atomic mass is 19.4. The molecule has 3 amide bonds. The van der Waals surface area contributed by atoms with E-state index < -0.39 is 23.8 Å². The Morgan fingerprint density at radius 3 is 2.00 bits per heavy atom. The Hall–Kier alpha value is -5.57. The van der Waals surface area contributed by atoms with Crippen molar-refractivity contribution in [2.45, 2.75) is 38.3 Å². The largest absolute Gasteiger partial charge is 0.433 e. The van der Waals surface area contributed by atoms with E-state index in [9.17, 15) is 32.7 Å². The van der Waals surface area contributed by atoms with E-state index in [-0.39, 0.29) is 37.6 Å². The third-order valence-electron chi connectivity index (χ3n) is 11.0. The predicted octanol–water partition coefficient (Wildman–Crippen LogP) is 5.19. The summed E-state index contributed by atoms with van der Waals surface area (Å²) in [6, 6.07) is 28.6. The molecule has 0 bridgehead atoms. The number of benzene rings is 3. The number of carbonyl (C=O) groups excluding carboxylic acids is 3. The molecule has 0 radical (unpaired) electrons. The number of rotatable bonds is 14. The molecule has 2 aliphatic rings. The Labute approximate surface area is 343 Å². The zero-order valence-corrected chi connectivity index (χ0v) is 33.5. The fourth-order valence-electron chi connectivity index (χ4n) is 7.78. The molecular weight excluding hydrogens is 760 g/mol. The second kappa shape index (κ2) is 19.9. The van der Waals surface area contributed by atoms with Gasteiger partial charge in [0.25, 0.3) is 0 Å². The molecule has 1 N–H and O–H groups in total. The third-order valence-corrected chi connectivity index (χ3v) is 11.0. The Balaban J connectivity index is 1.27. The van der Waals surface area contributed by atoms with Gasteiger partial charge >= 0.3 is 6.18 Å². The van der Waals surface area contributed by atoms with Gasteiger partial charge in [-0.15, -0.1) is 0 Å². The zero-order chi connectivity index (χ0) is 41.9. The highest BCUT2D eigenvalue weighted by molar-refractivity contribution is 5.95. The van der Waals surface area contributed by atoms with Crippen LogP contribution in [0.25, 0.3) is 6.08 Å². The Bertz CT molecular complexity index is 2000. The fourth-order valence-corrected chi connectivity index (χ4v) is 7.78. The van der Waals surface area contributed by atoms with Crippen LogP contribution in [0.3, 0.4) is 0 Å². The van der Waals surface area contributed by atoms with Gasteiger partial charge in [-0.05, 0) is 53.6 Å². The molecular formula is C45H52F3N7O4. The van der Waals surface area contributed by atoms with Gasteiger partial charge in [0.1, 0.15) is 11.7 Å². The summed E-state index contributed by atoms with van der Waals surface area (Å²) < 4.78 is 39.6. The molecule has 3 heterocycles. The van der Waals surface area contributed by atoms with E-state index in [1.54, 1.807) is 11.8 Å². The Morgan fingerprint density at radius 1 is 0.797 bits per heavy atom. The normalized spacial score (nSPS) is 16.4. The summed E-state index contributed by atoms with van der Waals surface area (Å²) in [5, 5.41) is 9.76. The standard InChI is InChI=1S/C45H52F3N7O4/c1-34(57)51-21-23-52(24-22-51)39-17-13-37(14-18-39)33-55(42(58)20-16-36-15-19-41(49-32-36)45(46,47)48)40(31-35-9-5-3-6-10-35)44(59)54-27-25-53(26-28-54)43(50(2)29-30-56)38-11-7-4-8-12-38/h3-20,32,40,43,56H,21-31,33H2,1-2H3/t40-,43?/m0/s1. The smallest absolute Gasteiger partial charge is 0.395 e. The first-order valence-electron chi connectivity index (χ1n) is 20.0. The van der Waals surface area contributed by atoms with E-state index in [2.05, 4.69) is 31.8 Å². The molecule has 3 aromatic carbocycles. The van der Waals surface area contributed by atoms with Crippen LogP contribution in [0, 0.1) is 0 Å². The van der Waals surface area contributed by atoms with Crippen LogP contribution in [-0.4, -0.2) is 131 Å². The molecule has 6 rings (SSSR count). The van der Waals surface area contributed by atoms with E-state index in [0.29, 0.717) is 64.5 Å². The number of aliphatic hydroxyl groups is 1. The van der Waals surface area contributed by atoms with E-state index >= 15 is 0 Å². The number of likely N-dealkylation sites (N-methyl/N-ethyl adjacent to an activating group) is 1. The maximum atomic E-state index is 14.9. The van der Waals surface area contributed by atoms with Crippen molar-refractivity contribution < 1.29 is 32.7 Å². The van der Waals surface area contributed by atoms with Crippen molar-refractivity contribution in [2.24, 2.45) is 0 Å². The number of anilines is 1. The number of halogens is 3. The van der Waals surface area contributed by atoms with Crippen molar-refractivity contribution in [3.63, 3.8) is 0 Å². The van der Waals surface area contributed by atoms with E-state index in [0.717, 1.165) is 34.6 Å². The summed E-state index contributed by atoms with van der Waals surface area (Å²) in [4.78, 5) is 56.4. The monoisotopic (exact) mass is 811 g/mol. The second-order valence-corrected chi connectivity index (χ2v) is 15.0.